The third-order valence-electron chi connectivity index (χ3n) is 1.08. The second-order valence-electron chi connectivity index (χ2n) is 2.11. The van der Waals surface area contributed by atoms with E-state index in [1.54, 1.807) is 12.1 Å². The normalized spacial score (nSPS) is 9.60. The predicted molar refractivity (Wildman–Crippen MR) is 40.5 cm³/mol. The summed E-state index contributed by atoms with van der Waals surface area (Å²) < 4.78 is 0. The fourth-order valence-electron chi connectivity index (χ4n) is 0.621. The maximum atomic E-state index is 10.6. The summed E-state index contributed by atoms with van der Waals surface area (Å²) in [6, 6.07) is -0.170. The molecular formula is C6H15N3O. The molecule has 2 N–H and O–H groups in total. The third-order valence-corrected chi connectivity index (χ3v) is 1.08. The Hall–Kier alpha value is -0.770. The average molecular weight is 145 g/mol. The molecule has 0 aliphatic rings. The van der Waals surface area contributed by atoms with Crippen molar-refractivity contribution in [1.29, 1.82) is 0 Å². The van der Waals surface area contributed by atoms with E-state index in [0.717, 1.165) is 13.0 Å². The van der Waals surface area contributed by atoms with E-state index in [4.69, 9.17) is 0 Å². The zero-order chi connectivity index (χ0) is 7.98. The van der Waals surface area contributed by atoms with E-state index in [1.807, 2.05) is 7.05 Å². The summed E-state index contributed by atoms with van der Waals surface area (Å²) in [6.45, 7) is 2.93. The van der Waals surface area contributed by atoms with Crippen molar-refractivity contribution in [2.45, 2.75) is 13.3 Å². The molecule has 2 amide bonds. The second-order valence-corrected chi connectivity index (χ2v) is 2.11. The van der Waals surface area contributed by atoms with Crippen LogP contribution in [0.15, 0.2) is 0 Å². The first-order chi connectivity index (χ1) is 4.70. The van der Waals surface area contributed by atoms with Crippen LogP contribution < -0.4 is 10.7 Å². The van der Waals surface area contributed by atoms with E-state index < -0.39 is 0 Å². The summed E-state index contributed by atoms with van der Waals surface area (Å²) in [6.07, 6.45) is 1.03. The van der Waals surface area contributed by atoms with Crippen LogP contribution in [-0.2, 0) is 0 Å². The lowest BCUT2D eigenvalue weighted by Gasteiger charge is -2.15. The van der Waals surface area contributed by atoms with Gasteiger partial charge in [0, 0.05) is 20.6 Å². The summed E-state index contributed by atoms with van der Waals surface area (Å²) in [5.41, 5.74) is 2.61. The Bertz CT molecular complexity index is 105. The second kappa shape index (κ2) is 5.05. The molecule has 0 saturated carbocycles. The van der Waals surface area contributed by atoms with Gasteiger partial charge in [0.1, 0.15) is 0 Å². The average Bonchev–Trinajstić information content (AvgIpc) is 1.88. The Morgan fingerprint density at radius 1 is 1.60 bits per heavy atom. The summed E-state index contributed by atoms with van der Waals surface area (Å²) in [7, 11) is 3.42. The molecule has 60 valence electrons. The van der Waals surface area contributed by atoms with Crippen LogP contribution >= 0.6 is 0 Å². The molecule has 4 nitrogen and oxygen atoms in total. The number of hydrazine groups is 1. The van der Waals surface area contributed by atoms with Crippen LogP contribution in [0.4, 0.5) is 4.79 Å². The Balaban J connectivity index is 3.37. The summed E-state index contributed by atoms with van der Waals surface area (Å²) in [4.78, 5) is 10.6. The van der Waals surface area contributed by atoms with Crippen molar-refractivity contribution < 1.29 is 4.79 Å². The summed E-state index contributed by atoms with van der Waals surface area (Å²) in [5.74, 6) is 0. The number of rotatable bonds is 3. The molecule has 0 atom stereocenters. The van der Waals surface area contributed by atoms with Gasteiger partial charge in [-0.25, -0.2) is 9.80 Å². The molecule has 4 heteroatoms. The molecule has 0 spiro atoms. The van der Waals surface area contributed by atoms with Crippen molar-refractivity contribution >= 4 is 6.03 Å². The van der Waals surface area contributed by atoms with Gasteiger partial charge in [-0.2, -0.15) is 0 Å². The highest BCUT2D eigenvalue weighted by atomic mass is 16.2. The van der Waals surface area contributed by atoms with Crippen LogP contribution in [0, 0.1) is 0 Å². The SMILES string of the molecule is CCCN(C)NC(=O)NC. The highest BCUT2D eigenvalue weighted by Crippen LogP contribution is 1.79. The monoisotopic (exact) mass is 145 g/mol. The van der Waals surface area contributed by atoms with Crippen molar-refractivity contribution in [2.24, 2.45) is 0 Å². The standard InChI is InChI=1S/C6H15N3O/c1-4-5-9(3)8-6(10)7-2/h4-5H2,1-3H3,(H2,7,8,10). The number of hydrogen-bond donors (Lipinski definition) is 2. The van der Waals surface area contributed by atoms with E-state index in [0.29, 0.717) is 0 Å². The molecule has 0 aromatic heterocycles. The maximum Gasteiger partial charge on any atom is 0.329 e. The first-order valence-corrected chi connectivity index (χ1v) is 3.40. The van der Waals surface area contributed by atoms with Crippen molar-refractivity contribution in [3.05, 3.63) is 0 Å². The fraction of sp³-hybridized carbons (Fsp3) is 0.833. The van der Waals surface area contributed by atoms with Gasteiger partial charge in [0.05, 0.1) is 0 Å². The molecule has 10 heavy (non-hydrogen) atoms. The van der Waals surface area contributed by atoms with Gasteiger partial charge in [-0.1, -0.05) is 6.92 Å². The van der Waals surface area contributed by atoms with Gasteiger partial charge in [-0.3, -0.25) is 5.43 Å². The number of carbonyl (C=O) groups is 1. The van der Waals surface area contributed by atoms with E-state index in [1.165, 1.54) is 0 Å². The molecule has 0 aromatic carbocycles. The first kappa shape index (κ1) is 9.23. The molecule has 0 bridgehead atoms. The van der Waals surface area contributed by atoms with Crippen molar-refractivity contribution in [1.82, 2.24) is 15.8 Å². The number of carbonyl (C=O) groups excluding carboxylic acids is 1. The Morgan fingerprint density at radius 3 is 2.60 bits per heavy atom. The zero-order valence-corrected chi connectivity index (χ0v) is 6.77. The molecule has 0 rings (SSSR count). The van der Waals surface area contributed by atoms with E-state index in [9.17, 15) is 4.79 Å². The van der Waals surface area contributed by atoms with E-state index in [-0.39, 0.29) is 6.03 Å². The smallest absolute Gasteiger partial charge is 0.329 e. The van der Waals surface area contributed by atoms with Gasteiger partial charge >= 0.3 is 6.03 Å². The molecule has 0 heterocycles. The third kappa shape index (κ3) is 4.14. The van der Waals surface area contributed by atoms with Crippen LogP contribution in [-0.4, -0.2) is 31.7 Å². The minimum absolute atomic E-state index is 0.170. The fourth-order valence-corrected chi connectivity index (χ4v) is 0.621. The lowest BCUT2D eigenvalue weighted by atomic mass is 10.5. The molecule has 0 fully saturated rings. The molecule has 0 aliphatic heterocycles. The summed E-state index contributed by atoms with van der Waals surface area (Å²) >= 11 is 0. The molecule has 0 aromatic rings. The van der Waals surface area contributed by atoms with Crippen LogP contribution in [0.2, 0.25) is 0 Å². The topological polar surface area (TPSA) is 44.4 Å². The molecule has 0 radical (unpaired) electrons. The highest BCUT2D eigenvalue weighted by Gasteiger charge is 1.98. The Kier molecular flexibility index (Phi) is 4.66. The Labute approximate surface area is 61.6 Å². The number of nitrogens with zero attached hydrogens (tertiary/aromatic N) is 1. The van der Waals surface area contributed by atoms with Crippen LogP contribution in [0.1, 0.15) is 13.3 Å². The minimum Gasteiger partial charge on any atom is -0.340 e. The van der Waals surface area contributed by atoms with Gasteiger partial charge in [0.2, 0.25) is 0 Å². The van der Waals surface area contributed by atoms with Gasteiger partial charge in [0.15, 0.2) is 0 Å². The largest absolute Gasteiger partial charge is 0.340 e. The molecule has 0 aliphatic carbocycles. The van der Waals surface area contributed by atoms with Gasteiger partial charge in [-0.15, -0.1) is 0 Å². The number of amides is 2. The van der Waals surface area contributed by atoms with Crippen LogP contribution in [0.25, 0.3) is 0 Å². The van der Waals surface area contributed by atoms with Gasteiger partial charge < -0.3 is 5.32 Å². The first-order valence-electron chi connectivity index (χ1n) is 3.40. The lowest BCUT2D eigenvalue weighted by Crippen LogP contribution is -2.44. The zero-order valence-electron chi connectivity index (χ0n) is 6.77. The summed E-state index contributed by atoms with van der Waals surface area (Å²) in [5, 5.41) is 4.21. The maximum absolute atomic E-state index is 10.6. The van der Waals surface area contributed by atoms with E-state index >= 15 is 0 Å². The quantitative estimate of drug-likeness (QED) is 0.556. The minimum atomic E-state index is -0.170. The van der Waals surface area contributed by atoms with Crippen molar-refractivity contribution in [2.75, 3.05) is 20.6 Å². The van der Waals surface area contributed by atoms with Crippen LogP contribution in [0.3, 0.4) is 0 Å². The number of urea groups is 1. The number of nitrogens with one attached hydrogen (secondary N) is 2. The predicted octanol–water partition coefficient (Wildman–Crippen LogP) is 0.172. The Morgan fingerprint density at radius 2 is 2.20 bits per heavy atom. The highest BCUT2D eigenvalue weighted by molar-refractivity contribution is 5.72. The number of hydrogen-bond acceptors (Lipinski definition) is 2. The van der Waals surface area contributed by atoms with Crippen LogP contribution in [0.5, 0.6) is 0 Å². The molecule has 0 saturated heterocycles. The van der Waals surface area contributed by atoms with Gasteiger partial charge in [-0.05, 0) is 6.42 Å². The van der Waals surface area contributed by atoms with Gasteiger partial charge in [0.25, 0.3) is 0 Å². The molecule has 0 unspecified atom stereocenters. The lowest BCUT2D eigenvalue weighted by molar-refractivity contribution is 0.200. The molecular weight excluding hydrogens is 130 g/mol. The van der Waals surface area contributed by atoms with Crippen molar-refractivity contribution in [3.63, 3.8) is 0 Å². The van der Waals surface area contributed by atoms with Crippen molar-refractivity contribution in [3.8, 4) is 0 Å². The van der Waals surface area contributed by atoms with E-state index in [2.05, 4.69) is 17.7 Å².